The molecule has 1 heterocycles. The smallest absolute Gasteiger partial charge is 0.335 e. The van der Waals surface area contributed by atoms with Crippen LogP contribution >= 0.6 is 11.8 Å². The van der Waals surface area contributed by atoms with Crippen LogP contribution in [0.2, 0.25) is 0 Å². The van der Waals surface area contributed by atoms with Crippen LogP contribution in [0.5, 0.6) is 5.75 Å². The SMILES string of the molecule is Cc1ccc(N=C2NC(=O)/C(=C/c3ccc(C(=O)O)cc3)S2)c(O)c1. The Morgan fingerprint density at radius 1 is 1.20 bits per heavy atom. The van der Waals surface area contributed by atoms with Gasteiger partial charge in [-0.25, -0.2) is 9.79 Å². The molecule has 3 rings (SSSR count). The molecule has 0 radical (unpaired) electrons. The molecule has 3 N–H and O–H groups in total. The van der Waals surface area contributed by atoms with Gasteiger partial charge in [-0.2, -0.15) is 0 Å². The lowest BCUT2D eigenvalue weighted by molar-refractivity contribution is -0.115. The van der Waals surface area contributed by atoms with Crippen molar-refractivity contribution in [3.8, 4) is 5.75 Å². The van der Waals surface area contributed by atoms with Crippen LogP contribution < -0.4 is 5.32 Å². The van der Waals surface area contributed by atoms with Crippen molar-refractivity contribution in [2.75, 3.05) is 0 Å². The highest BCUT2D eigenvalue weighted by atomic mass is 32.2. The maximum absolute atomic E-state index is 12.1. The summed E-state index contributed by atoms with van der Waals surface area (Å²) in [5, 5.41) is 21.8. The van der Waals surface area contributed by atoms with E-state index in [0.29, 0.717) is 21.3 Å². The van der Waals surface area contributed by atoms with Crippen LogP contribution in [-0.2, 0) is 4.79 Å². The molecule has 1 amide bonds. The predicted molar refractivity (Wildman–Crippen MR) is 97.1 cm³/mol. The highest BCUT2D eigenvalue weighted by Crippen LogP contribution is 2.32. The number of carboxylic acid groups (broad SMARTS) is 1. The van der Waals surface area contributed by atoms with Gasteiger partial charge in [0.1, 0.15) is 11.4 Å². The van der Waals surface area contributed by atoms with Gasteiger partial charge in [0.2, 0.25) is 0 Å². The van der Waals surface area contributed by atoms with E-state index in [1.807, 2.05) is 13.0 Å². The minimum Gasteiger partial charge on any atom is -0.506 e. The van der Waals surface area contributed by atoms with Crippen molar-refractivity contribution in [2.24, 2.45) is 4.99 Å². The fourth-order valence-electron chi connectivity index (χ4n) is 2.19. The van der Waals surface area contributed by atoms with E-state index in [-0.39, 0.29) is 17.2 Å². The first kappa shape index (κ1) is 16.8. The zero-order chi connectivity index (χ0) is 18.0. The number of aryl methyl sites for hydroxylation is 1. The van der Waals surface area contributed by atoms with Gasteiger partial charge in [0.15, 0.2) is 5.17 Å². The van der Waals surface area contributed by atoms with Gasteiger partial charge in [0, 0.05) is 0 Å². The second-order valence-electron chi connectivity index (χ2n) is 5.40. The summed E-state index contributed by atoms with van der Waals surface area (Å²) in [6, 6.07) is 11.3. The minimum absolute atomic E-state index is 0.0454. The van der Waals surface area contributed by atoms with Crippen LogP contribution in [0.1, 0.15) is 21.5 Å². The zero-order valence-electron chi connectivity index (χ0n) is 13.2. The average Bonchev–Trinajstić information content (AvgIpc) is 2.90. The molecule has 1 saturated heterocycles. The maximum Gasteiger partial charge on any atom is 0.335 e. The van der Waals surface area contributed by atoms with E-state index < -0.39 is 5.97 Å². The number of nitrogens with zero attached hydrogens (tertiary/aromatic N) is 1. The number of rotatable bonds is 3. The van der Waals surface area contributed by atoms with Gasteiger partial charge in [-0.05, 0) is 60.2 Å². The molecule has 6 nitrogen and oxygen atoms in total. The zero-order valence-corrected chi connectivity index (χ0v) is 14.0. The Hall–Kier alpha value is -3.06. The molecule has 0 bridgehead atoms. The topological polar surface area (TPSA) is 99.0 Å². The average molecular weight is 354 g/mol. The molecule has 0 aromatic heterocycles. The maximum atomic E-state index is 12.1. The summed E-state index contributed by atoms with van der Waals surface area (Å²) < 4.78 is 0. The third-order valence-corrected chi connectivity index (χ3v) is 4.37. The number of benzene rings is 2. The van der Waals surface area contributed by atoms with Crippen molar-refractivity contribution in [1.82, 2.24) is 5.32 Å². The van der Waals surface area contributed by atoms with Gasteiger partial charge in [-0.1, -0.05) is 18.2 Å². The Bertz CT molecular complexity index is 917. The number of aromatic carboxylic acids is 1. The molecule has 0 saturated carbocycles. The van der Waals surface area contributed by atoms with Crippen molar-refractivity contribution in [2.45, 2.75) is 6.92 Å². The summed E-state index contributed by atoms with van der Waals surface area (Å²) in [7, 11) is 0. The Morgan fingerprint density at radius 2 is 1.92 bits per heavy atom. The molecule has 7 heteroatoms. The van der Waals surface area contributed by atoms with Crippen molar-refractivity contribution >= 4 is 40.6 Å². The fraction of sp³-hybridized carbons (Fsp3) is 0.0556. The van der Waals surface area contributed by atoms with E-state index in [9.17, 15) is 14.7 Å². The Kier molecular flexibility index (Phi) is 4.58. The third-order valence-electron chi connectivity index (χ3n) is 3.46. The van der Waals surface area contributed by atoms with Gasteiger partial charge in [-0.3, -0.25) is 4.79 Å². The number of hydrogen-bond acceptors (Lipinski definition) is 5. The number of carbonyl (C=O) groups excluding carboxylic acids is 1. The van der Waals surface area contributed by atoms with Crippen LogP contribution in [0, 0.1) is 6.92 Å². The molecular weight excluding hydrogens is 340 g/mol. The molecule has 126 valence electrons. The van der Waals surface area contributed by atoms with Gasteiger partial charge < -0.3 is 15.5 Å². The number of thioether (sulfide) groups is 1. The van der Waals surface area contributed by atoms with Gasteiger partial charge in [0.25, 0.3) is 5.91 Å². The van der Waals surface area contributed by atoms with Crippen LogP contribution in [0.25, 0.3) is 6.08 Å². The number of aliphatic imine (C=N–C) groups is 1. The van der Waals surface area contributed by atoms with Crippen LogP contribution in [-0.4, -0.2) is 27.3 Å². The molecule has 0 unspecified atom stereocenters. The van der Waals surface area contributed by atoms with Gasteiger partial charge in [-0.15, -0.1) is 0 Å². The highest BCUT2D eigenvalue weighted by molar-refractivity contribution is 8.18. The highest BCUT2D eigenvalue weighted by Gasteiger charge is 2.24. The van der Waals surface area contributed by atoms with Crippen LogP contribution in [0.4, 0.5) is 5.69 Å². The van der Waals surface area contributed by atoms with Crippen LogP contribution in [0.15, 0.2) is 52.4 Å². The van der Waals surface area contributed by atoms with E-state index in [1.165, 1.54) is 12.1 Å². The molecule has 0 aliphatic carbocycles. The standard InChI is InChI=1S/C18H14N2O4S/c1-10-2-7-13(14(21)8-10)19-18-20-16(22)15(25-18)9-11-3-5-12(6-4-11)17(23)24/h2-9,21H,1H3,(H,23,24)(H,19,20,22)/b15-9-. The fourth-order valence-corrected chi connectivity index (χ4v) is 3.03. The molecule has 0 atom stereocenters. The molecule has 1 aliphatic heterocycles. The van der Waals surface area contributed by atoms with Crippen molar-refractivity contribution in [3.05, 3.63) is 64.1 Å². The van der Waals surface area contributed by atoms with E-state index in [0.717, 1.165) is 17.3 Å². The number of phenols is 1. The number of amides is 1. The van der Waals surface area contributed by atoms with E-state index in [2.05, 4.69) is 10.3 Å². The lowest BCUT2D eigenvalue weighted by Crippen LogP contribution is -2.19. The number of carboxylic acids is 1. The molecule has 1 aliphatic rings. The monoisotopic (exact) mass is 354 g/mol. The normalized spacial score (nSPS) is 17.1. The third kappa shape index (κ3) is 3.89. The van der Waals surface area contributed by atoms with Gasteiger partial charge in [0.05, 0.1) is 10.5 Å². The van der Waals surface area contributed by atoms with Crippen molar-refractivity contribution < 1.29 is 19.8 Å². The van der Waals surface area contributed by atoms with Gasteiger partial charge >= 0.3 is 5.97 Å². The molecule has 2 aromatic carbocycles. The predicted octanol–water partition coefficient (Wildman–Crippen LogP) is 3.29. The number of nitrogens with one attached hydrogen (secondary N) is 1. The Balaban J connectivity index is 1.82. The summed E-state index contributed by atoms with van der Waals surface area (Å²) >= 11 is 1.15. The lowest BCUT2D eigenvalue weighted by atomic mass is 10.1. The van der Waals surface area contributed by atoms with Crippen LogP contribution in [0.3, 0.4) is 0 Å². The second-order valence-corrected chi connectivity index (χ2v) is 6.43. The first-order chi connectivity index (χ1) is 11.9. The molecule has 0 spiro atoms. The second kappa shape index (κ2) is 6.82. The summed E-state index contributed by atoms with van der Waals surface area (Å²) in [6.07, 6.45) is 1.66. The first-order valence-electron chi connectivity index (χ1n) is 7.35. The van der Waals surface area contributed by atoms with Crippen molar-refractivity contribution in [3.63, 3.8) is 0 Å². The summed E-state index contributed by atoms with van der Waals surface area (Å²) in [4.78, 5) is 27.6. The number of phenolic OH excluding ortho intramolecular Hbond substituents is 1. The molecular formula is C18H14N2O4S. The molecule has 2 aromatic rings. The Morgan fingerprint density at radius 3 is 2.56 bits per heavy atom. The summed E-state index contributed by atoms with van der Waals surface area (Å²) in [5.41, 5.74) is 2.18. The van der Waals surface area contributed by atoms with E-state index in [4.69, 9.17) is 5.11 Å². The number of amidine groups is 1. The lowest BCUT2D eigenvalue weighted by Gasteiger charge is -2.01. The number of carbonyl (C=O) groups is 2. The van der Waals surface area contributed by atoms with E-state index >= 15 is 0 Å². The number of hydrogen-bond donors (Lipinski definition) is 3. The quantitative estimate of drug-likeness (QED) is 0.735. The summed E-state index contributed by atoms with van der Waals surface area (Å²) in [6.45, 7) is 1.86. The minimum atomic E-state index is -1.00. The Labute approximate surface area is 147 Å². The summed E-state index contributed by atoms with van der Waals surface area (Å²) in [5.74, 6) is -1.25. The molecule has 25 heavy (non-hydrogen) atoms. The largest absolute Gasteiger partial charge is 0.506 e. The molecule has 1 fully saturated rings. The van der Waals surface area contributed by atoms with Crippen molar-refractivity contribution in [1.29, 1.82) is 0 Å². The first-order valence-corrected chi connectivity index (χ1v) is 8.16. The number of aromatic hydroxyl groups is 1. The van der Waals surface area contributed by atoms with E-state index in [1.54, 1.807) is 30.3 Å².